The number of anilines is 2. The number of nitrogens with zero attached hydrogens (tertiary/aromatic N) is 2. The Labute approximate surface area is 203 Å². The summed E-state index contributed by atoms with van der Waals surface area (Å²) in [5.74, 6) is 1.07. The lowest BCUT2D eigenvalue weighted by Crippen LogP contribution is -2.31. The van der Waals surface area contributed by atoms with Crippen molar-refractivity contribution in [3.63, 3.8) is 0 Å². The molecular formula is C25H27N5O5. The van der Waals surface area contributed by atoms with Crippen molar-refractivity contribution in [1.82, 2.24) is 10.3 Å². The van der Waals surface area contributed by atoms with Gasteiger partial charge >= 0.3 is 12.1 Å². The van der Waals surface area contributed by atoms with Crippen LogP contribution in [0.5, 0.6) is 5.75 Å². The van der Waals surface area contributed by atoms with Crippen molar-refractivity contribution in [3.8, 4) is 23.1 Å². The summed E-state index contributed by atoms with van der Waals surface area (Å²) in [6.45, 7) is 3.65. The number of alkyl carbamates (subject to hydrolysis) is 1. The van der Waals surface area contributed by atoms with E-state index < -0.39 is 18.2 Å². The molecule has 182 valence electrons. The van der Waals surface area contributed by atoms with Gasteiger partial charge in [-0.1, -0.05) is 19.1 Å². The third-order valence-electron chi connectivity index (χ3n) is 5.18. The Morgan fingerprint density at radius 3 is 2.60 bits per heavy atom. The largest absolute Gasteiger partial charge is 0.496 e. The molecular weight excluding hydrogens is 450 g/mol. The van der Waals surface area contributed by atoms with Crippen molar-refractivity contribution in [2.75, 3.05) is 17.7 Å². The zero-order valence-electron chi connectivity index (χ0n) is 19.7. The van der Waals surface area contributed by atoms with Gasteiger partial charge in [0.15, 0.2) is 12.2 Å². The van der Waals surface area contributed by atoms with Gasteiger partial charge in [-0.15, -0.1) is 0 Å². The molecule has 0 bridgehead atoms. The number of rotatable bonds is 9. The van der Waals surface area contributed by atoms with Crippen molar-refractivity contribution in [2.24, 2.45) is 0 Å². The van der Waals surface area contributed by atoms with Crippen LogP contribution in [-0.4, -0.2) is 30.3 Å². The lowest BCUT2D eigenvalue weighted by Gasteiger charge is -2.18. The van der Waals surface area contributed by atoms with Gasteiger partial charge in [0, 0.05) is 17.4 Å². The molecule has 0 radical (unpaired) electrons. The van der Waals surface area contributed by atoms with Gasteiger partial charge in [-0.05, 0) is 43.2 Å². The molecule has 0 fully saturated rings. The normalized spacial score (nSPS) is 12.1. The molecule has 0 saturated carbocycles. The first kappa shape index (κ1) is 25.1. The number of benzene rings is 2. The van der Waals surface area contributed by atoms with Crippen molar-refractivity contribution >= 4 is 23.5 Å². The average Bonchev–Trinajstić information content (AvgIpc) is 3.38. The molecule has 2 atom stereocenters. The molecule has 1 heterocycles. The summed E-state index contributed by atoms with van der Waals surface area (Å²) in [5, 5.41) is 17.1. The van der Waals surface area contributed by atoms with Crippen LogP contribution < -0.4 is 20.7 Å². The second kappa shape index (κ2) is 12.1. The maximum atomic E-state index is 12.6. The number of amides is 3. The van der Waals surface area contributed by atoms with Crippen LogP contribution in [0.3, 0.4) is 0 Å². The maximum absolute atomic E-state index is 12.6. The maximum Gasteiger partial charge on any atom is 0.407 e. The fraction of sp³-hybridized carbons (Fsp3) is 0.280. The number of carbonyl (C=O) groups excluding carboxylic acids is 2. The van der Waals surface area contributed by atoms with Gasteiger partial charge in [0.1, 0.15) is 11.9 Å². The van der Waals surface area contributed by atoms with Gasteiger partial charge in [-0.2, -0.15) is 5.26 Å². The van der Waals surface area contributed by atoms with Crippen molar-refractivity contribution in [1.29, 1.82) is 5.26 Å². The molecule has 0 spiro atoms. The summed E-state index contributed by atoms with van der Waals surface area (Å²) in [4.78, 5) is 28.6. The minimum absolute atomic E-state index is 0.140. The summed E-state index contributed by atoms with van der Waals surface area (Å²) in [7, 11) is 1.53. The third-order valence-corrected chi connectivity index (χ3v) is 5.18. The number of methoxy groups -OCH3 is 1. The minimum atomic E-state index is -0.599. The first-order chi connectivity index (χ1) is 16.9. The van der Waals surface area contributed by atoms with E-state index in [2.05, 4.69) is 20.9 Å². The number of nitrogens with one attached hydrogen (secondary N) is 3. The highest BCUT2D eigenvalue weighted by Crippen LogP contribution is 2.32. The van der Waals surface area contributed by atoms with E-state index in [0.29, 0.717) is 34.9 Å². The van der Waals surface area contributed by atoms with E-state index in [4.69, 9.17) is 19.2 Å². The second-order valence-corrected chi connectivity index (χ2v) is 7.65. The smallest absolute Gasteiger partial charge is 0.407 e. The Morgan fingerprint density at radius 1 is 1.17 bits per heavy atom. The lowest BCUT2D eigenvalue weighted by atomic mass is 10.1. The van der Waals surface area contributed by atoms with Crippen LogP contribution >= 0.6 is 0 Å². The van der Waals surface area contributed by atoms with E-state index >= 15 is 0 Å². The highest BCUT2D eigenvalue weighted by Gasteiger charge is 2.16. The number of hydrogen-bond donors (Lipinski definition) is 3. The Morgan fingerprint density at radius 2 is 1.94 bits per heavy atom. The molecule has 35 heavy (non-hydrogen) atoms. The van der Waals surface area contributed by atoms with E-state index in [-0.39, 0.29) is 12.5 Å². The van der Waals surface area contributed by atoms with Crippen molar-refractivity contribution in [3.05, 3.63) is 60.6 Å². The van der Waals surface area contributed by atoms with Crippen LogP contribution in [0.15, 0.2) is 59.5 Å². The molecule has 10 heteroatoms. The van der Waals surface area contributed by atoms with Crippen LogP contribution in [0.25, 0.3) is 11.3 Å². The monoisotopic (exact) mass is 477 g/mol. The van der Waals surface area contributed by atoms with Gasteiger partial charge < -0.3 is 29.8 Å². The fourth-order valence-electron chi connectivity index (χ4n) is 3.32. The SMILES string of the molecule is CCC(CC#N)OC(=O)NC(C)c1cccc(NC(=O)Nc2ccc(-c3cnco3)c(OC)c2)c1. The standard InChI is InChI=1S/C25H27N5O5/c1-4-20(10-11-26)35-25(32)28-16(2)17-6-5-7-18(12-17)29-24(31)30-19-8-9-21(22(13-19)33-3)23-14-27-15-34-23/h5-9,12-16,20H,4,10H2,1-3H3,(H,28,32)(H2,29,30,31). The number of urea groups is 1. The molecule has 3 amide bonds. The Kier molecular flexibility index (Phi) is 8.67. The summed E-state index contributed by atoms with van der Waals surface area (Å²) >= 11 is 0. The molecule has 3 N–H and O–H groups in total. The van der Waals surface area contributed by atoms with E-state index in [1.165, 1.54) is 13.5 Å². The summed E-state index contributed by atoms with van der Waals surface area (Å²) in [6, 6.07) is 13.4. The average molecular weight is 478 g/mol. The molecule has 0 aliphatic heterocycles. The number of oxazole rings is 1. The lowest BCUT2D eigenvalue weighted by molar-refractivity contribution is 0.0950. The van der Waals surface area contributed by atoms with Gasteiger partial charge in [0.05, 0.1) is 37.4 Å². The van der Waals surface area contributed by atoms with E-state index in [1.807, 2.05) is 19.1 Å². The van der Waals surface area contributed by atoms with Crippen LogP contribution in [0.4, 0.5) is 21.0 Å². The van der Waals surface area contributed by atoms with Crippen LogP contribution in [0, 0.1) is 11.3 Å². The second-order valence-electron chi connectivity index (χ2n) is 7.65. The highest BCUT2D eigenvalue weighted by atomic mass is 16.6. The summed E-state index contributed by atoms with van der Waals surface area (Å²) in [6.07, 6.45) is 2.55. The number of hydrogen-bond acceptors (Lipinski definition) is 7. The molecule has 3 rings (SSSR count). The molecule has 2 unspecified atom stereocenters. The van der Waals surface area contributed by atoms with Gasteiger partial charge in [-0.3, -0.25) is 0 Å². The fourth-order valence-corrected chi connectivity index (χ4v) is 3.32. The molecule has 2 aromatic carbocycles. The molecule has 0 aliphatic carbocycles. The van der Waals surface area contributed by atoms with Gasteiger partial charge in [0.2, 0.25) is 0 Å². The third kappa shape index (κ3) is 6.98. The van der Waals surface area contributed by atoms with Crippen molar-refractivity contribution in [2.45, 2.75) is 38.8 Å². The Hall–Kier alpha value is -4.52. The minimum Gasteiger partial charge on any atom is -0.496 e. The summed E-state index contributed by atoms with van der Waals surface area (Å²) < 4.78 is 16.0. The van der Waals surface area contributed by atoms with Gasteiger partial charge in [-0.25, -0.2) is 14.6 Å². The van der Waals surface area contributed by atoms with E-state index in [0.717, 1.165) is 5.56 Å². The van der Waals surface area contributed by atoms with E-state index in [9.17, 15) is 9.59 Å². The molecule has 0 saturated heterocycles. The first-order valence-corrected chi connectivity index (χ1v) is 11.0. The van der Waals surface area contributed by atoms with Gasteiger partial charge in [0.25, 0.3) is 0 Å². The topological polar surface area (TPSA) is 139 Å². The zero-order valence-corrected chi connectivity index (χ0v) is 19.7. The quantitative estimate of drug-likeness (QED) is 0.371. The summed E-state index contributed by atoms with van der Waals surface area (Å²) in [5.41, 5.74) is 2.55. The zero-order chi connectivity index (χ0) is 25.2. The van der Waals surface area contributed by atoms with Crippen LogP contribution in [-0.2, 0) is 4.74 Å². The highest BCUT2D eigenvalue weighted by molar-refractivity contribution is 6.00. The number of aromatic nitrogens is 1. The Bertz CT molecular complexity index is 1190. The van der Waals surface area contributed by atoms with Crippen molar-refractivity contribution < 1.29 is 23.5 Å². The number of nitriles is 1. The van der Waals surface area contributed by atoms with E-state index in [1.54, 1.807) is 49.5 Å². The molecule has 10 nitrogen and oxygen atoms in total. The predicted octanol–water partition coefficient (Wildman–Crippen LogP) is 5.47. The predicted molar refractivity (Wildman–Crippen MR) is 130 cm³/mol. The number of ether oxygens (including phenoxy) is 2. The Balaban J connectivity index is 1.60. The number of carbonyl (C=O) groups is 2. The van der Waals surface area contributed by atoms with Crippen LogP contribution in [0.2, 0.25) is 0 Å². The first-order valence-electron chi connectivity index (χ1n) is 11.0. The molecule has 0 aliphatic rings. The molecule has 1 aromatic heterocycles. The van der Waals surface area contributed by atoms with Crippen LogP contribution in [0.1, 0.15) is 38.3 Å². The molecule has 3 aromatic rings.